The number of rotatable bonds is 7. The standard InChI is InChI=1S/C24H27NO4/c1-2-21-13-22(28-17-23-16-26-11-12-27-23)14-24(25-21)29-15-20-9-7-19(8-10-20)6-5-18-3-4-18/h7-10,13-14,18,23H,2-4,11-12,15-17H2,1H3/t23-/m1/s1. The summed E-state index contributed by atoms with van der Waals surface area (Å²) in [5.74, 6) is 8.44. The van der Waals surface area contributed by atoms with Crippen LogP contribution in [0.4, 0.5) is 0 Å². The first-order chi connectivity index (χ1) is 14.3. The second-order valence-electron chi connectivity index (χ2n) is 7.39. The molecule has 1 saturated heterocycles. The highest BCUT2D eigenvalue weighted by Gasteiger charge is 2.17. The number of hydrogen-bond donors (Lipinski definition) is 0. The summed E-state index contributed by atoms with van der Waals surface area (Å²) in [6.45, 7) is 4.80. The van der Waals surface area contributed by atoms with E-state index in [2.05, 4.69) is 35.9 Å². The monoisotopic (exact) mass is 393 g/mol. The number of benzene rings is 1. The Morgan fingerprint density at radius 2 is 1.97 bits per heavy atom. The summed E-state index contributed by atoms with van der Waals surface area (Å²) in [6.07, 6.45) is 3.27. The van der Waals surface area contributed by atoms with E-state index in [-0.39, 0.29) is 6.10 Å². The van der Waals surface area contributed by atoms with Gasteiger partial charge in [0.05, 0.1) is 19.8 Å². The largest absolute Gasteiger partial charge is 0.491 e. The maximum Gasteiger partial charge on any atom is 0.217 e. The van der Waals surface area contributed by atoms with E-state index in [9.17, 15) is 0 Å². The fourth-order valence-electron chi connectivity index (χ4n) is 2.95. The molecule has 0 spiro atoms. The van der Waals surface area contributed by atoms with E-state index in [1.165, 1.54) is 12.8 Å². The Balaban J connectivity index is 1.34. The van der Waals surface area contributed by atoms with Crippen molar-refractivity contribution < 1.29 is 18.9 Å². The summed E-state index contributed by atoms with van der Waals surface area (Å²) in [6, 6.07) is 12.0. The van der Waals surface area contributed by atoms with Crippen molar-refractivity contribution in [2.45, 2.75) is 38.9 Å². The van der Waals surface area contributed by atoms with E-state index >= 15 is 0 Å². The molecular weight excluding hydrogens is 366 g/mol. The minimum Gasteiger partial charge on any atom is -0.491 e. The fourth-order valence-corrected chi connectivity index (χ4v) is 2.95. The van der Waals surface area contributed by atoms with E-state index in [0.717, 1.165) is 29.0 Å². The molecule has 2 heterocycles. The van der Waals surface area contributed by atoms with Crippen molar-refractivity contribution in [3.63, 3.8) is 0 Å². The molecule has 5 heteroatoms. The van der Waals surface area contributed by atoms with Crippen molar-refractivity contribution in [3.05, 3.63) is 53.2 Å². The van der Waals surface area contributed by atoms with Crippen LogP contribution < -0.4 is 9.47 Å². The van der Waals surface area contributed by atoms with Gasteiger partial charge in [0.25, 0.3) is 0 Å². The Hall–Kier alpha value is -2.55. The molecule has 2 aliphatic rings. The molecule has 1 aliphatic heterocycles. The van der Waals surface area contributed by atoms with Crippen LogP contribution in [-0.2, 0) is 22.5 Å². The highest BCUT2D eigenvalue weighted by atomic mass is 16.6. The molecule has 0 N–H and O–H groups in total. The lowest BCUT2D eigenvalue weighted by atomic mass is 10.1. The van der Waals surface area contributed by atoms with Crippen LogP contribution in [0, 0.1) is 17.8 Å². The Morgan fingerprint density at radius 1 is 1.10 bits per heavy atom. The van der Waals surface area contributed by atoms with Gasteiger partial charge in [-0.2, -0.15) is 0 Å². The first kappa shape index (κ1) is 19.8. The van der Waals surface area contributed by atoms with Gasteiger partial charge in [-0.25, -0.2) is 4.98 Å². The number of aryl methyl sites for hydroxylation is 1. The van der Waals surface area contributed by atoms with Gasteiger partial charge in [0.15, 0.2) is 0 Å². The third-order valence-electron chi connectivity index (χ3n) is 4.85. The molecule has 0 amide bonds. The maximum atomic E-state index is 5.93. The number of ether oxygens (including phenoxy) is 4. The topological polar surface area (TPSA) is 49.8 Å². The molecule has 5 nitrogen and oxygen atoms in total. The number of nitrogens with zero attached hydrogens (tertiary/aromatic N) is 1. The predicted octanol–water partition coefficient (Wildman–Crippen LogP) is 3.78. The van der Waals surface area contributed by atoms with Gasteiger partial charge in [-0.1, -0.05) is 30.9 Å². The molecule has 0 radical (unpaired) electrons. The maximum absolute atomic E-state index is 5.93. The van der Waals surface area contributed by atoms with Crippen molar-refractivity contribution in [3.8, 4) is 23.5 Å². The smallest absolute Gasteiger partial charge is 0.217 e. The Morgan fingerprint density at radius 3 is 2.69 bits per heavy atom. The van der Waals surface area contributed by atoms with Crippen molar-refractivity contribution >= 4 is 0 Å². The zero-order valence-electron chi connectivity index (χ0n) is 16.9. The molecule has 1 aliphatic carbocycles. The van der Waals surface area contributed by atoms with E-state index in [0.29, 0.717) is 44.8 Å². The predicted molar refractivity (Wildman–Crippen MR) is 110 cm³/mol. The molecular formula is C24H27NO4. The highest BCUT2D eigenvalue weighted by molar-refractivity contribution is 5.37. The van der Waals surface area contributed by atoms with Crippen LogP contribution in [0.5, 0.6) is 11.6 Å². The Kier molecular flexibility index (Phi) is 6.66. The second kappa shape index (κ2) is 9.78. The van der Waals surface area contributed by atoms with E-state index in [4.69, 9.17) is 18.9 Å². The summed E-state index contributed by atoms with van der Waals surface area (Å²) >= 11 is 0. The average Bonchev–Trinajstić information content (AvgIpc) is 3.61. The summed E-state index contributed by atoms with van der Waals surface area (Å²) in [5, 5.41) is 0. The molecule has 152 valence electrons. The van der Waals surface area contributed by atoms with Crippen molar-refractivity contribution in [1.29, 1.82) is 0 Å². The summed E-state index contributed by atoms with van der Waals surface area (Å²) in [5.41, 5.74) is 3.07. The third-order valence-corrected chi connectivity index (χ3v) is 4.85. The number of hydrogen-bond acceptors (Lipinski definition) is 5. The average molecular weight is 393 g/mol. The first-order valence-corrected chi connectivity index (χ1v) is 10.3. The van der Waals surface area contributed by atoms with Gasteiger partial charge in [0, 0.05) is 29.3 Å². The summed E-state index contributed by atoms with van der Waals surface area (Å²) in [7, 11) is 0. The Labute approximate surface area is 172 Å². The molecule has 1 atom stereocenters. The molecule has 29 heavy (non-hydrogen) atoms. The van der Waals surface area contributed by atoms with Gasteiger partial charge in [-0.3, -0.25) is 0 Å². The third kappa shape index (κ3) is 6.22. The fraction of sp³-hybridized carbons (Fsp3) is 0.458. The minimum absolute atomic E-state index is 0.0344. The van der Waals surface area contributed by atoms with Crippen LogP contribution in [0.3, 0.4) is 0 Å². The molecule has 2 fully saturated rings. The van der Waals surface area contributed by atoms with Crippen LogP contribution in [-0.4, -0.2) is 37.5 Å². The highest BCUT2D eigenvalue weighted by Crippen LogP contribution is 2.27. The van der Waals surface area contributed by atoms with E-state index in [1.54, 1.807) is 0 Å². The van der Waals surface area contributed by atoms with Gasteiger partial charge in [-0.15, -0.1) is 0 Å². The van der Waals surface area contributed by atoms with Crippen LogP contribution >= 0.6 is 0 Å². The lowest BCUT2D eigenvalue weighted by Crippen LogP contribution is -2.33. The van der Waals surface area contributed by atoms with Crippen molar-refractivity contribution in [1.82, 2.24) is 4.98 Å². The summed E-state index contributed by atoms with van der Waals surface area (Å²) in [4.78, 5) is 4.55. The minimum atomic E-state index is -0.0344. The molecule has 1 aromatic carbocycles. The van der Waals surface area contributed by atoms with Gasteiger partial charge >= 0.3 is 0 Å². The van der Waals surface area contributed by atoms with E-state index < -0.39 is 0 Å². The van der Waals surface area contributed by atoms with Crippen molar-refractivity contribution in [2.75, 3.05) is 26.4 Å². The van der Waals surface area contributed by atoms with Gasteiger partial charge in [0.1, 0.15) is 25.1 Å². The van der Waals surface area contributed by atoms with Crippen LogP contribution in [0.15, 0.2) is 36.4 Å². The molecule has 4 rings (SSSR count). The van der Waals surface area contributed by atoms with Gasteiger partial charge in [0.2, 0.25) is 5.88 Å². The lowest BCUT2D eigenvalue weighted by Gasteiger charge is -2.23. The number of aromatic nitrogens is 1. The quantitative estimate of drug-likeness (QED) is 0.670. The van der Waals surface area contributed by atoms with Crippen molar-refractivity contribution in [2.24, 2.45) is 5.92 Å². The SMILES string of the molecule is CCc1cc(OC[C@H]2COCCO2)cc(OCc2ccc(C#CC3CC3)cc2)n1. The molecule has 1 saturated carbocycles. The van der Waals surface area contributed by atoms with E-state index in [1.807, 2.05) is 24.3 Å². The van der Waals surface area contributed by atoms with Crippen LogP contribution in [0.2, 0.25) is 0 Å². The Bertz CT molecular complexity index is 859. The lowest BCUT2D eigenvalue weighted by molar-refractivity contribution is -0.101. The van der Waals surface area contributed by atoms with Gasteiger partial charge < -0.3 is 18.9 Å². The normalized spacial score (nSPS) is 18.6. The zero-order valence-corrected chi connectivity index (χ0v) is 16.9. The van der Waals surface area contributed by atoms with Crippen LogP contribution in [0.25, 0.3) is 0 Å². The molecule has 1 aromatic heterocycles. The zero-order chi connectivity index (χ0) is 19.9. The van der Waals surface area contributed by atoms with Crippen LogP contribution in [0.1, 0.15) is 36.6 Å². The molecule has 0 unspecified atom stereocenters. The molecule has 0 bridgehead atoms. The second-order valence-corrected chi connectivity index (χ2v) is 7.39. The number of pyridine rings is 1. The first-order valence-electron chi connectivity index (χ1n) is 10.3. The van der Waals surface area contributed by atoms with Gasteiger partial charge in [-0.05, 0) is 37.0 Å². The molecule has 2 aromatic rings. The summed E-state index contributed by atoms with van der Waals surface area (Å²) < 4.78 is 22.9.